The molecule has 0 fully saturated rings. The molecule has 3 N–H and O–H groups in total. The lowest BCUT2D eigenvalue weighted by molar-refractivity contribution is -0.119. The molecule has 0 unspecified atom stereocenters. The number of nitrogens with one attached hydrogen (secondary N) is 1. The number of aromatic nitrogens is 5. The van der Waals surface area contributed by atoms with Crippen LogP contribution in [0.15, 0.2) is 29.4 Å². The van der Waals surface area contributed by atoms with Gasteiger partial charge in [0.2, 0.25) is 11.1 Å². The highest BCUT2D eigenvalue weighted by atomic mass is 32.2. The van der Waals surface area contributed by atoms with E-state index >= 15 is 0 Å². The van der Waals surface area contributed by atoms with E-state index in [9.17, 15) is 13.6 Å². The van der Waals surface area contributed by atoms with Gasteiger partial charge in [0.15, 0.2) is 0 Å². The van der Waals surface area contributed by atoms with Crippen molar-refractivity contribution in [1.82, 2.24) is 30.0 Å². The summed E-state index contributed by atoms with van der Waals surface area (Å²) < 4.78 is 29.6. The summed E-state index contributed by atoms with van der Waals surface area (Å²) in [4.78, 5) is 12.2. The fourth-order valence-electron chi connectivity index (χ4n) is 2.69. The summed E-state index contributed by atoms with van der Waals surface area (Å²) in [6.07, 6.45) is 0. The number of nitrogen functional groups attached to an aromatic ring is 1. The first-order valence-corrected chi connectivity index (χ1v) is 9.36. The van der Waals surface area contributed by atoms with Crippen molar-refractivity contribution < 1.29 is 13.6 Å². The Labute approximate surface area is 164 Å². The summed E-state index contributed by atoms with van der Waals surface area (Å²) in [6.45, 7) is 5.34. The highest BCUT2D eigenvalue weighted by Gasteiger charge is 2.18. The van der Waals surface area contributed by atoms with E-state index in [0.29, 0.717) is 11.1 Å². The van der Waals surface area contributed by atoms with E-state index in [4.69, 9.17) is 5.84 Å². The van der Waals surface area contributed by atoms with Gasteiger partial charge in [0.25, 0.3) is 5.95 Å². The zero-order valence-electron chi connectivity index (χ0n) is 15.5. The maximum atomic E-state index is 13.8. The number of halogens is 2. The van der Waals surface area contributed by atoms with Gasteiger partial charge >= 0.3 is 0 Å². The van der Waals surface area contributed by atoms with Crippen molar-refractivity contribution in [3.63, 3.8) is 0 Å². The molecule has 1 atom stereocenters. The van der Waals surface area contributed by atoms with Crippen LogP contribution in [0.5, 0.6) is 0 Å². The van der Waals surface area contributed by atoms with Crippen molar-refractivity contribution in [2.24, 2.45) is 0 Å². The van der Waals surface area contributed by atoms with E-state index in [1.165, 1.54) is 10.7 Å². The third kappa shape index (κ3) is 4.14. The predicted molar refractivity (Wildman–Crippen MR) is 100 cm³/mol. The number of carbonyl (C=O) groups excluding carboxylic acids is 1. The number of hydrogen-bond acceptors (Lipinski definition) is 6. The van der Waals surface area contributed by atoms with Crippen molar-refractivity contribution in [3.05, 3.63) is 52.9 Å². The zero-order chi connectivity index (χ0) is 20.4. The first kappa shape index (κ1) is 19.8. The largest absolute Gasteiger partial charge is 0.349 e. The molecule has 0 bridgehead atoms. The Morgan fingerprint density at radius 3 is 2.68 bits per heavy atom. The molecule has 3 aromatic rings. The fourth-order valence-corrected chi connectivity index (χ4v) is 3.35. The fraction of sp³-hybridized carbons (Fsp3) is 0.294. The standard InChI is InChI=1S/C17H19F2N7OS/c1-9-6-10(2)26(24-9)16-22-23-17(25(16)20)28-8-15(27)21-11(3)13-5-4-12(18)7-14(13)19/h4-7,11H,8,20H2,1-3H3,(H,21,27)/t11-/m1/s1. The molecule has 0 saturated heterocycles. The van der Waals surface area contributed by atoms with E-state index in [2.05, 4.69) is 20.6 Å². The second-order valence-electron chi connectivity index (χ2n) is 6.24. The molecule has 0 saturated carbocycles. The van der Waals surface area contributed by atoms with Gasteiger partial charge in [-0.3, -0.25) is 4.79 Å². The molecule has 0 spiro atoms. The van der Waals surface area contributed by atoms with Crippen LogP contribution in [0.2, 0.25) is 0 Å². The molecule has 148 valence electrons. The minimum atomic E-state index is -0.711. The van der Waals surface area contributed by atoms with E-state index in [-0.39, 0.29) is 17.2 Å². The number of benzene rings is 1. The highest BCUT2D eigenvalue weighted by molar-refractivity contribution is 7.99. The summed E-state index contributed by atoms with van der Waals surface area (Å²) in [6, 6.07) is 4.50. The van der Waals surface area contributed by atoms with E-state index in [0.717, 1.165) is 35.3 Å². The Morgan fingerprint density at radius 2 is 2.04 bits per heavy atom. The van der Waals surface area contributed by atoms with Crippen LogP contribution in [0.1, 0.15) is 29.9 Å². The minimum absolute atomic E-state index is 0.000393. The third-order valence-electron chi connectivity index (χ3n) is 3.98. The average molecular weight is 407 g/mol. The molecule has 11 heteroatoms. The molecule has 0 aliphatic rings. The molecule has 2 heterocycles. The van der Waals surface area contributed by atoms with Crippen LogP contribution in [0.3, 0.4) is 0 Å². The number of nitrogens with two attached hydrogens (primary N) is 1. The van der Waals surface area contributed by atoms with Crippen LogP contribution in [0.25, 0.3) is 5.95 Å². The Balaban J connectivity index is 1.63. The van der Waals surface area contributed by atoms with E-state index in [1.807, 2.05) is 19.9 Å². The van der Waals surface area contributed by atoms with Gasteiger partial charge in [0, 0.05) is 17.3 Å². The molecule has 2 aromatic heterocycles. The topological polar surface area (TPSA) is 104 Å². The Kier molecular flexibility index (Phi) is 5.63. The van der Waals surface area contributed by atoms with Crippen molar-refractivity contribution in [1.29, 1.82) is 0 Å². The maximum Gasteiger partial charge on any atom is 0.271 e. The van der Waals surface area contributed by atoms with Crippen LogP contribution in [-0.4, -0.2) is 36.3 Å². The van der Waals surface area contributed by atoms with Crippen LogP contribution in [0, 0.1) is 25.5 Å². The predicted octanol–water partition coefficient (Wildman–Crippen LogP) is 2.04. The molecule has 1 amide bonds. The molecular formula is C17H19F2N7OS. The van der Waals surface area contributed by atoms with Gasteiger partial charge in [-0.05, 0) is 32.9 Å². The maximum absolute atomic E-state index is 13.8. The van der Waals surface area contributed by atoms with Gasteiger partial charge in [0.1, 0.15) is 11.6 Å². The molecule has 1 aromatic carbocycles. The Morgan fingerprint density at radius 1 is 1.29 bits per heavy atom. The van der Waals surface area contributed by atoms with Gasteiger partial charge in [0.05, 0.1) is 17.5 Å². The second kappa shape index (κ2) is 7.97. The Bertz CT molecular complexity index is 1020. The molecule has 0 aliphatic carbocycles. The smallest absolute Gasteiger partial charge is 0.271 e. The summed E-state index contributed by atoms with van der Waals surface area (Å²) in [5.74, 6) is 4.62. The molecule has 8 nitrogen and oxygen atoms in total. The zero-order valence-corrected chi connectivity index (χ0v) is 16.3. The second-order valence-corrected chi connectivity index (χ2v) is 7.18. The molecule has 28 heavy (non-hydrogen) atoms. The highest BCUT2D eigenvalue weighted by Crippen LogP contribution is 2.20. The number of rotatable bonds is 6. The molecule has 0 radical (unpaired) electrons. The molecule has 0 aliphatic heterocycles. The molecule has 3 rings (SSSR count). The lowest BCUT2D eigenvalue weighted by atomic mass is 10.1. The first-order chi connectivity index (χ1) is 13.3. The quantitative estimate of drug-likeness (QED) is 0.479. The van der Waals surface area contributed by atoms with Gasteiger partial charge in [-0.2, -0.15) is 5.10 Å². The lowest BCUT2D eigenvalue weighted by Gasteiger charge is -2.15. The van der Waals surface area contributed by atoms with Gasteiger partial charge in [-0.25, -0.2) is 18.1 Å². The van der Waals surface area contributed by atoms with Crippen LogP contribution in [-0.2, 0) is 4.79 Å². The van der Waals surface area contributed by atoms with Crippen LogP contribution >= 0.6 is 11.8 Å². The van der Waals surface area contributed by atoms with Crippen LogP contribution in [0.4, 0.5) is 8.78 Å². The molecular weight excluding hydrogens is 388 g/mol. The first-order valence-electron chi connectivity index (χ1n) is 8.37. The van der Waals surface area contributed by atoms with Crippen molar-refractivity contribution in [2.75, 3.05) is 11.6 Å². The summed E-state index contributed by atoms with van der Waals surface area (Å²) in [5.41, 5.74) is 1.87. The minimum Gasteiger partial charge on any atom is -0.349 e. The van der Waals surface area contributed by atoms with E-state index in [1.54, 1.807) is 11.6 Å². The van der Waals surface area contributed by atoms with Crippen molar-refractivity contribution >= 4 is 17.7 Å². The van der Waals surface area contributed by atoms with Crippen molar-refractivity contribution in [3.8, 4) is 5.95 Å². The number of amides is 1. The SMILES string of the molecule is Cc1cc(C)n(-c2nnc(SCC(=O)N[C@H](C)c3ccc(F)cc3F)n2N)n1. The number of aryl methyl sites for hydroxylation is 2. The number of nitrogens with zero attached hydrogens (tertiary/aromatic N) is 5. The van der Waals surface area contributed by atoms with Gasteiger partial charge < -0.3 is 11.2 Å². The summed E-state index contributed by atoms with van der Waals surface area (Å²) in [5, 5.41) is 15.3. The monoisotopic (exact) mass is 407 g/mol. The van der Waals surface area contributed by atoms with Gasteiger partial charge in [-0.15, -0.1) is 10.2 Å². The average Bonchev–Trinajstić information content (AvgIpc) is 3.14. The normalized spacial score (nSPS) is 12.2. The summed E-state index contributed by atoms with van der Waals surface area (Å²) >= 11 is 1.08. The number of hydrogen-bond donors (Lipinski definition) is 2. The Hall–Kier alpha value is -2.95. The van der Waals surface area contributed by atoms with Gasteiger partial charge in [-0.1, -0.05) is 17.8 Å². The third-order valence-corrected chi connectivity index (χ3v) is 4.93. The lowest BCUT2D eigenvalue weighted by Crippen LogP contribution is -2.29. The van der Waals surface area contributed by atoms with E-state index < -0.39 is 17.7 Å². The summed E-state index contributed by atoms with van der Waals surface area (Å²) in [7, 11) is 0. The number of carbonyl (C=O) groups is 1. The number of thioether (sulfide) groups is 1. The van der Waals surface area contributed by atoms with Crippen LogP contribution < -0.4 is 11.2 Å². The van der Waals surface area contributed by atoms with Crippen molar-refractivity contribution in [2.45, 2.75) is 32.0 Å².